The first kappa shape index (κ1) is 10.5. The van der Waals surface area contributed by atoms with Crippen molar-refractivity contribution in [2.24, 2.45) is 0 Å². The Morgan fingerprint density at radius 2 is 1.87 bits per heavy atom. The standard InChI is InChI=1S/C11H12F3N/c1-10(7-11(12,13)14)9(15-10)8-5-3-2-4-6-8/h2-6,9,15H,7H2,1H3/t9-,10-/m1/s1. The van der Waals surface area contributed by atoms with Crippen molar-refractivity contribution >= 4 is 0 Å². The number of nitrogens with one attached hydrogen (secondary N) is 1. The average molecular weight is 215 g/mol. The van der Waals surface area contributed by atoms with Crippen LogP contribution in [0.5, 0.6) is 0 Å². The van der Waals surface area contributed by atoms with Crippen LogP contribution >= 0.6 is 0 Å². The summed E-state index contributed by atoms with van der Waals surface area (Å²) in [6, 6.07) is 9.05. The number of halogens is 3. The number of hydrogen-bond acceptors (Lipinski definition) is 1. The highest BCUT2D eigenvalue weighted by atomic mass is 19.4. The third-order valence-corrected chi connectivity index (χ3v) is 2.73. The lowest BCUT2D eigenvalue weighted by atomic mass is 9.98. The fourth-order valence-electron chi connectivity index (χ4n) is 1.95. The smallest absolute Gasteiger partial charge is 0.301 e. The molecule has 0 saturated carbocycles. The lowest BCUT2D eigenvalue weighted by molar-refractivity contribution is -0.140. The Morgan fingerprint density at radius 1 is 1.27 bits per heavy atom. The predicted molar refractivity (Wildman–Crippen MR) is 51.4 cm³/mol. The molecule has 1 aliphatic heterocycles. The monoisotopic (exact) mass is 215 g/mol. The van der Waals surface area contributed by atoms with E-state index < -0.39 is 18.1 Å². The lowest BCUT2D eigenvalue weighted by Gasteiger charge is -2.11. The minimum Gasteiger partial charge on any atom is -0.301 e. The summed E-state index contributed by atoms with van der Waals surface area (Å²) >= 11 is 0. The molecule has 0 amide bonds. The van der Waals surface area contributed by atoms with E-state index in [0.29, 0.717) is 0 Å². The van der Waals surface area contributed by atoms with E-state index in [2.05, 4.69) is 5.32 Å². The van der Waals surface area contributed by atoms with Gasteiger partial charge in [-0.05, 0) is 12.5 Å². The van der Waals surface area contributed by atoms with Crippen LogP contribution in [0.15, 0.2) is 30.3 Å². The van der Waals surface area contributed by atoms with Crippen LogP contribution in [0.1, 0.15) is 24.9 Å². The highest BCUT2D eigenvalue weighted by molar-refractivity contribution is 5.30. The van der Waals surface area contributed by atoms with E-state index in [-0.39, 0.29) is 6.04 Å². The molecule has 82 valence electrons. The summed E-state index contributed by atoms with van der Waals surface area (Å²) in [6.07, 6.45) is -4.88. The van der Waals surface area contributed by atoms with Crippen LogP contribution in [0.2, 0.25) is 0 Å². The van der Waals surface area contributed by atoms with Crippen molar-refractivity contribution in [2.75, 3.05) is 0 Å². The van der Waals surface area contributed by atoms with Crippen LogP contribution in [0.3, 0.4) is 0 Å². The molecule has 0 aromatic heterocycles. The molecule has 0 unspecified atom stereocenters. The predicted octanol–water partition coefficient (Wildman–Crippen LogP) is 3.04. The van der Waals surface area contributed by atoms with Gasteiger partial charge in [-0.3, -0.25) is 0 Å². The molecule has 1 aromatic carbocycles. The zero-order chi connectivity index (χ0) is 11.1. The topological polar surface area (TPSA) is 21.9 Å². The summed E-state index contributed by atoms with van der Waals surface area (Å²) in [6.45, 7) is 1.61. The van der Waals surface area contributed by atoms with Gasteiger partial charge >= 0.3 is 6.18 Å². The normalized spacial score (nSPS) is 30.3. The van der Waals surface area contributed by atoms with E-state index in [1.165, 1.54) is 0 Å². The van der Waals surface area contributed by atoms with Gasteiger partial charge in [0.05, 0.1) is 12.5 Å². The van der Waals surface area contributed by atoms with E-state index in [0.717, 1.165) is 5.56 Å². The maximum Gasteiger partial charge on any atom is 0.390 e. The molecule has 0 aliphatic carbocycles. The summed E-state index contributed by atoms with van der Waals surface area (Å²) in [5, 5.41) is 2.90. The third kappa shape index (κ3) is 2.31. The molecule has 1 aromatic rings. The van der Waals surface area contributed by atoms with Crippen molar-refractivity contribution in [3.8, 4) is 0 Å². The van der Waals surface area contributed by atoms with Crippen molar-refractivity contribution in [1.29, 1.82) is 0 Å². The summed E-state index contributed by atoms with van der Waals surface area (Å²) in [7, 11) is 0. The summed E-state index contributed by atoms with van der Waals surface area (Å²) < 4.78 is 36.7. The highest BCUT2D eigenvalue weighted by Crippen LogP contribution is 2.46. The van der Waals surface area contributed by atoms with Gasteiger partial charge in [0, 0.05) is 5.54 Å². The van der Waals surface area contributed by atoms with Crippen LogP contribution in [0.4, 0.5) is 13.2 Å². The average Bonchev–Trinajstić information content (AvgIpc) is 2.75. The quantitative estimate of drug-likeness (QED) is 0.752. The SMILES string of the molecule is C[C@]1(CC(F)(F)F)N[C@@H]1c1ccccc1. The highest BCUT2D eigenvalue weighted by Gasteiger charge is 2.55. The molecule has 0 bridgehead atoms. The molecule has 4 heteroatoms. The first-order valence-corrected chi connectivity index (χ1v) is 4.80. The van der Waals surface area contributed by atoms with Gasteiger partial charge in [0.2, 0.25) is 0 Å². The molecule has 0 spiro atoms. The van der Waals surface area contributed by atoms with Gasteiger partial charge in [-0.25, -0.2) is 0 Å². The van der Waals surface area contributed by atoms with Gasteiger partial charge in [0.1, 0.15) is 0 Å². The Hall–Kier alpha value is -1.03. The fraction of sp³-hybridized carbons (Fsp3) is 0.455. The second-order valence-corrected chi connectivity index (χ2v) is 4.20. The van der Waals surface area contributed by atoms with Gasteiger partial charge in [0.15, 0.2) is 0 Å². The summed E-state index contributed by atoms with van der Waals surface area (Å²) in [5.74, 6) is 0. The fourth-order valence-corrected chi connectivity index (χ4v) is 1.95. The summed E-state index contributed by atoms with van der Waals surface area (Å²) in [4.78, 5) is 0. The summed E-state index contributed by atoms with van der Waals surface area (Å²) in [5.41, 5.74) is 0.101. The Bertz CT molecular complexity index is 347. The number of benzene rings is 1. The molecule has 2 rings (SSSR count). The second-order valence-electron chi connectivity index (χ2n) is 4.20. The van der Waals surface area contributed by atoms with Gasteiger partial charge in [-0.15, -0.1) is 0 Å². The van der Waals surface area contributed by atoms with Gasteiger partial charge < -0.3 is 5.32 Å². The Labute approximate surface area is 86.3 Å². The molecule has 1 saturated heterocycles. The van der Waals surface area contributed by atoms with Crippen molar-refractivity contribution in [1.82, 2.24) is 5.32 Å². The molecule has 1 N–H and O–H groups in total. The Morgan fingerprint density at radius 3 is 2.40 bits per heavy atom. The zero-order valence-electron chi connectivity index (χ0n) is 8.31. The molecule has 0 radical (unpaired) electrons. The largest absolute Gasteiger partial charge is 0.390 e. The van der Waals surface area contributed by atoms with Crippen LogP contribution in [0.25, 0.3) is 0 Å². The van der Waals surface area contributed by atoms with Crippen LogP contribution in [-0.4, -0.2) is 11.7 Å². The van der Waals surface area contributed by atoms with Crippen molar-refractivity contribution < 1.29 is 13.2 Å². The van der Waals surface area contributed by atoms with Gasteiger partial charge in [-0.2, -0.15) is 13.2 Å². The van der Waals surface area contributed by atoms with Gasteiger partial charge in [0.25, 0.3) is 0 Å². The van der Waals surface area contributed by atoms with Crippen molar-refractivity contribution in [3.05, 3.63) is 35.9 Å². The lowest BCUT2D eigenvalue weighted by Crippen LogP contribution is -2.22. The molecule has 1 fully saturated rings. The maximum absolute atomic E-state index is 12.2. The second kappa shape index (κ2) is 3.23. The molecule has 2 atom stereocenters. The first-order valence-electron chi connectivity index (χ1n) is 4.80. The van der Waals surface area contributed by atoms with E-state index in [4.69, 9.17) is 0 Å². The van der Waals surface area contributed by atoms with Crippen LogP contribution < -0.4 is 5.32 Å². The molecule has 15 heavy (non-hydrogen) atoms. The third-order valence-electron chi connectivity index (χ3n) is 2.73. The minimum absolute atomic E-state index is 0.166. The van der Waals surface area contributed by atoms with E-state index in [1.54, 1.807) is 6.92 Å². The Kier molecular flexibility index (Phi) is 2.26. The van der Waals surface area contributed by atoms with E-state index in [1.807, 2.05) is 30.3 Å². The van der Waals surface area contributed by atoms with Crippen molar-refractivity contribution in [2.45, 2.75) is 31.1 Å². The van der Waals surface area contributed by atoms with Crippen molar-refractivity contribution in [3.63, 3.8) is 0 Å². The maximum atomic E-state index is 12.2. The Balaban J connectivity index is 2.06. The number of alkyl halides is 3. The van der Waals surface area contributed by atoms with Crippen LogP contribution in [-0.2, 0) is 0 Å². The zero-order valence-corrected chi connectivity index (χ0v) is 8.31. The van der Waals surface area contributed by atoms with Crippen LogP contribution in [0, 0.1) is 0 Å². The molecular weight excluding hydrogens is 203 g/mol. The number of rotatable bonds is 2. The first-order chi connectivity index (χ1) is 6.91. The van der Waals surface area contributed by atoms with Gasteiger partial charge in [-0.1, -0.05) is 30.3 Å². The molecule has 1 nitrogen and oxygen atoms in total. The number of hydrogen-bond donors (Lipinski definition) is 1. The molecule has 1 heterocycles. The van der Waals surface area contributed by atoms with E-state index >= 15 is 0 Å². The minimum atomic E-state index is -4.11. The van der Waals surface area contributed by atoms with E-state index in [9.17, 15) is 13.2 Å². The molecule has 1 aliphatic rings. The molecular formula is C11H12F3N.